The van der Waals surface area contributed by atoms with Gasteiger partial charge in [-0.25, -0.2) is 0 Å². The third-order valence-electron chi connectivity index (χ3n) is 2.36. The number of nitrogens with one attached hydrogen (secondary N) is 1. The van der Waals surface area contributed by atoms with Crippen LogP contribution in [-0.2, 0) is 13.6 Å². The molecule has 1 N–H and O–H groups in total. The van der Waals surface area contributed by atoms with Gasteiger partial charge in [0.05, 0.1) is 10.6 Å². The normalized spacial score (nSPS) is 10.5. The molecule has 2 rings (SSSR count). The Balaban J connectivity index is 1.99. The SMILES string of the molecule is Cc1nn(C)cc1CNC(=O)c1cc(S)cs1. The van der Waals surface area contributed by atoms with Gasteiger partial charge >= 0.3 is 0 Å². The Morgan fingerprint density at radius 1 is 1.65 bits per heavy atom. The third kappa shape index (κ3) is 2.89. The van der Waals surface area contributed by atoms with Crippen molar-refractivity contribution in [3.63, 3.8) is 0 Å². The van der Waals surface area contributed by atoms with Crippen molar-refractivity contribution >= 4 is 29.9 Å². The van der Waals surface area contributed by atoms with E-state index in [4.69, 9.17) is 0 Å². The van der Waals surface area contributed by atoms with E-state index in [9.17, 15) is 4.79 Å². The van der Waals surface area contributed by atoms with Gasteiger partial charge < -0.3 is 5.32 Å². The summed E-state index contributed by atoms with van der Waals surface area (Å²) in [5, 5.41) is 8.93. The predicted molar refractivity (Wildman–Crippen MR) is 70.7 cm³/mol. The van der Waals surface area contributed by atoms with Crippen LogP contribution in [0.25, 0.3) is 0 Å². The van der Waals surface area contributed by atoms with Gasteiger partial charge in [0.25, 0.3) is 5.91 Å². The van der Waals surface area contributed by atoms with Crippen LogP contribution < -0.4 is 5.32 Å². The fourth-order valence-electron chi connectivity index (χ4n) is 1.53. The Kier molecular flexibility index (Phi) is 3.54. The average molecular weight is 267 g/mol. The monoisotopic (exact) mass is 267 g/mol. The number of hydrogen-bond donors (Lipinski definition) is 2. The van der Waals surface area contributed by atoms with Crippen LogP contribution in [0.1, 0.15) is 20.9 Å². The highest BCUT2D eigenvalue weighted by Crippen LogP contribution is 2.17. The summed E-state index contributed by atoms with van der Waals surface area (Å²) in [4.78, 5) is 13.3. The lowest BCUT2D eigenvalue weighted by atomic mass is 10.2. The lowest BCUT2D eigenvalue weighted by molar-refractivity contribution is 0.0955. The van der Waals surface area contributed by atoms with Crippen molar-refractivity contribution in [3.8, 4) is 0 Å². The van der Waals surface area contributed by atoms with E-state index in [1.54, 1.807) is 10.7 Å². The topological polar surface area (TPSA) is 46.9 Å². The maximum Gasteiger partial charge on any atom is 0.261 e. The van der Waals surface area contributed by atoms with Gasteiger partial charge in [0.1, 0.15) is 0 Å². The summed E-state index contributed by atoms with van der Waals surface area (Å²) in [5.74, 6) is -0.0708. The summed E-state index contributed by atoms with van der Waals surface area (Å²) in [6.07, 6.45) is 1.91. The fraction of sp³-hybridized carbons (Fsp3) is 0.273. The molecule has 0 aliphatic rings. The second kappa shape index (κ2) is 4.93. The van der Waals surface area contributed by atoms with E-state index < -0.39 is 0 Å². The van der Waals surface area contributed by atoms with Gasteiger partial charge in [-0.05, 0) is 13.0 Å². The van der Waals surface area contributed by atoms with Crippen LogP contribution in [0.4, 0.5) is 0 Å². The number of thiophene rings is 1. The van der Waals surface area contributed by atoms with Crippen molar-refractivity contribution in [3.05, 3.63) is 33.8 Å². The number of amides is 1. The first kappa shape index (κ1) is 12.2. The Labute approximate surface area is 109 Å². The minimum atomic E-state index is -0.0708. The Morgan fingerprint density at radius 3 is 2.94 bits per heavy atom. The molecule has 2 aromatic rings. The average Bonchev–Trinajstić information content (AvgIpc) is 2.82. The molecule has 0 fully saturated rings. The molecule has 6 heteroatoms. The molecule has 1 amide bonds. The van der Waals surface area contributed by atoms with E-state index in [-0.39, 0.29) is 5.91 Å². The van der Waals surface area contributed by atoms with Crippen LogP contribution in [0.2, 0.25) is 0 Å². The number of rotatable bonds is 3. The maximum atomic E-state index is 11.8. The van der Waals surface area contributed by atoms with Crippen molar-refractivity contribution in [2.24, 2.45) is 7.05 Å². The molecular formula is C11H13N3OS2. The van der Waals surface area contributed by atoms with Crippen molar-refractivity contribution in [2.45, 2.75) is 18.4 Å². The van der Waals surface area contributed by atoms with Gasteiger partial charge in [-0.3, -0.25) is 9.48 Å². The lowest BCUT2D eigenvalue weighted by Crippen LogP contribution is -2.21. The van der Waals surface area contributed by atoms with Gasteiger partial charge in [0.2, 0.25) is 0 Å². The fourth-order valence-corrected chi connectivity index (χ4v) is 2.59. The van der Waals surface area contributed by atoms with Crippen LogP contribution in [0.3, 0.4) is 0 Å². The van der Waals surface area contributed by atoms with Crippen LogP contribution in [-0.4, -0.2) is 15.7 Å². The molecule has 4 nitrogen and oxygen atoms in total. The molecule has 0 aromatic carbocycles. The second-order valence-electron chi connectivity index (χ2n) is 3.77. The van der Waals surface area contributed by atoms with Gasteiger partial charge in [0, 0.05) is 35.6 Å². The zero-order chi connectivity index (χ0) is 12.4. The second-order valence-corrected chi connectivity index (χ2v) is 5.19. The van der Waals surface area contributed by atoms with Crippen LogP contribution in [0, 0.1) is 6.92 Å². The number of nitrogens with zero attached hydrogens (tertiary/aromatic N) is 2. The van der Waals surface area contributed by atoms with Crippen molar-refractivity contribution in [2.75, 3.05) is 0 Å². The van der Waals surface area contributed by atoms with E-state index in [0.29, 0.717) is 11.4 Å². The highest BCUT2D eigenvalue weighted by atomic mass is 32.1. The summed E-state index contributed by atoms with van der Waals surface area (Å²) in [6.45, 7) is 2.43. The highest BCUT2D eigenvalue weighted by Gasteiger charge is 2.09. The summed E-state index contributed by atoms with van der Waals surface area (Å²) < 4.78 is 1.74. The minimum Gasteiger partial charge on any atom is -0.347 e. The van der Waals surface area contributed by atoms with Gasteiger partial charge in [0.15, 0.2) is 0 Å². The van der Waals surface area contributed by atoms with E-state index >= 15 is 0 Å². The minimum absolute atomic E-state index is 0.0708. The molecule has 0 aliphatic heterocycles. The van der Waals surface area contributed by atoms with E-state index in [1.807, 2.05) is 25.5 Å². The van der Waals surface area contributed by atoms with Crippen molar-refractivity contribution < 1.29 is 4.79 Å². The molecular weight excluding hydrogens is 254 g/mol. The molecule has 90 valence electrons. The third-order valence-corrected chi connectivity index (χ3v) is 3.73. The van der Waals surface area contributed by atoms with Crippen LogP contribution >= 0.6 is 24.0 Å². The molecule has 0 saturated heterocycles. The molecule has 0 unspecified atom stereocenters. The summed E-state index contributed by atoms with van der Waals surface area (Å²) in [5.41, 5.74) is 1.97. The number of aromatic nitrogens is 2. The largest absolute Gasteiger partial charge is 0.347 e. The first-order valence-corrected chi connectivity index (χ1v) is 6.44. The zero-order valence-electron chi connectivity index (χ0n) is 9.60. The first-order chi connectivity index (χ1) is 8.06. The molecule has 0 bridgehead atoms. The molecule has 0 atom stereocenters. The molecule has 17 heavy (non-hydrogen) atoms. The summed E-state index contributed by atoms with van der Waals surface area (Å²) >= 11 is 5.57. The van der Waals surface area contributed by atoms with Crippen LogP contribution in [0.5, 0.6) is 0 Å². The molecule has 2 aromatic heterocycles. The lowest BCUT2D eigenvalue weighted by Gasteiger charge is -2.01. The Morgan fingerprint density at radius 2 is 2.41 bits per heavy atom. The molecule has 0 aliphatic carbocycles. The summed E-state index contributed by atoms with van der Waals surface area (Å²) in [7, 11) is 1.87. The molecule has 0 radical (unpaired) electrons. The standard InChI is InChI=1S/C11H13N3OS2/c1-7-8(5-14(2)13-7)4-12-11(15)10-3-9(16)6-17-10/h3,5-6,16H,4H2,1-2H3,(H,12,15). The number of thiol groups is 1. The Bertz CT molecular complexity index is 545. The highest BCUT2D eigenvalue weighted by molar-refractivity contribution is 7.80. The molecule has 2 heterocycles. The number of carbonyl (C=O) groups is 1. The van der Waals surface area contributed by atoms with E-state index in [0.717, 1.165) is 16.2 Å². The predicted octanol–water partition coefficient (Wildman–Crippen LogP) is 2.01. The zero-order valence-corrected chi connectivity index (χ0v) is 11.3. The number of hydrogen-bond acceptors (Lipinski definition) is 4. The Hall–Kier alpha value is -1.27. The van der Waals surface area contributed by atoms with Crippen molar-refractivity contribution in [1.82, 2.24) is 15.1 Å². The molecule has 0 spiro atoms. The molecule has 0 saturated carbocycles. The summed E-state index contributed by atoms with van der Waals surface area (Å²) in [6, 6.07) is 1.76. The van der Waals surface area contributed by atoms with Crippen LogP contribution in [0.15, 0.2) is 22.5 Å². The number of aryl methyl sites for hydroxylation is 2. The van der Waals surface area contributed by atoms with Gasteiger partial charge in [-0.1, -0.05) is 0 Å². The van der Waals surface area contributed by atoms with Crippen molar-refractivity contribution in [1.29, 1.82) is 0 Å². The maximum absolute atomic E-state index is 11.8. The van der Waals surface area contributed by atoms with Gasteiger partial charge in [-0.2, -0.15) is 5.10 Å². The quantitative estimate of drug-likeness (QED) is 0.836. The first-order valence-electron chi connectivity index (χ1n) is 5.11. The van der Waals surface area contributed by atoms with E-state index in [2.05, 4.69) is 23.0 Å². The smallest absolute Gasteiger partial charge is 0.261 e. The van der Waals surface area contributed by atoms with Gasteiger partial charge in [-0.15, -0.1) is 24.0 Å². The number of carbonyl (C=O) groups excluding carboxylic acids is 1. The van der Waals surface area contributed by atoms with E-state index in [1.165, 1.54) is 11.3 Å².